The van der Waals surface area contributed by atoms with Gasteiger partial charge in [0.05, 0.1) is 5.92 Å². The van der Waals surface area contributed by atoms with Crippen molar-refractivity contribution in [2.75, 3.05) is 0 Å². The van der Waals surface area contributed by atoms with Crippen molar-refractivity contribution in [1.29, 1.82) is 0 Å². The highest BCUT2D eigenvalue weighted by molar-refractivity contribution is 5.72. The molecule has 1 aliphatic rings. The Morgan fingerprint density at radius 1 is 0.714 bits per heavy atom. The highest BCUT2D eigenvalue weighted by Gasteiger charge is 2.42. The zero-order valence-electron chi connectivity index (χ0n) is 24.0. The molecule has 0 aromatic heterocycles. The Hall–Kier alpha value is -1.14. The molecule has 1 rings (SSSR count). The van der Waals surface area contributed by atoms with Gasteiger partial charge >= 0.3 is 11.9 Å². The fourth-order valence-electron chi connectivity index (χ4n) is 5.23. The van der Waals surface area contributed by atoms with Gasteiger partial charge in [0, 0.05) is 16.5 Å². The Labute approximate surface area is 215 Å². The van der Waals surface area contributed by atoms with Crippen LogP contribution in [0.3, 0.4) is 0 Å². The molecule has 0 aromatic rings. The number of hydrogen-bond acceptors (Lipinski definition) is 6. The van der Waals surface area contributed by atoms with E-state index in [1.165, 1.54) is 19.3 Å². The van der Waals surface area contributed by atoms with E-state index in [0.29, 0.717) is 11.3 Å². The Balaban J connectivity index is 2.47. The lowest BCUT2D eigenvalue weighted by atomic mass is 9.63. The summed E-state index contributed by atoms with van der Waals surface area (Å²) in [5, 5.41) is 9.03. The first-order valence-corrected chi connectivity index (χ1v) is 14.0. The maximum absolute atomic E-state index is 13.0. The van der Waals surface area contributed by atoms with Crippen molar-refractivity contribution in [2.24, 2.45) is 28.1 Å². The van der Waals surface area contributed by atoms with E-state index in [4.69, 9.17) is 4.89 Å². The topological polar surface area (TPSA) is 71.1 Å². The number of rotatable bonds is 15. The molecular formula is C29H54O6. The van der Waals surface area contributed by atoms with Crippen LogP contribution in [0.4, 0.5) is 0 Å². The monoisotopic (exact) mass is 498 g/mol. The minimum atomic E-state index is -0.530. The molecule has 1 unspecified atom stereocenters. The van der Waals surface area contributed by atoms with Crippen molar-refractivity contribution >= 4 is 11.9 Å². The molecule has 0 heterocycles. The third kappa shape index (κ3) is 14.3. The SMILES string of the molecule is CC(C)(C)CCCCCC(=O)OOOOC(=O)C(CCCCC(C)(C)C)C(C)(C)C1CCCCC1. The number of carbonyl (C=O) groups is 2. The predicted octanol–water partition coefficient (Wildman–Crippen LogP) is 8.68. The van der Waals surface area contributed by atoms with Crippen molar-refractivity contribution in [2.45, 2.75) is 145 Å². The second-order valence-corrected chi connectivity index (χ2v) is 13.6. The standard InChI is InChI=1S/C29H54O6/c1-27(2,3)21-15-10-13-20-25(30)32-34-35-33-26(31)24(19-14-16-22-28(4,5)6)29(7,8)23-17-11-9-12-18-23/h23-24H,9-22H2,1-8H3. The first-order valence-electron chi connectivity index (χ1n) is 14.0. The van der Waals surface area contributed by atoms with Gasteiger partial charge < -0.3 is 0 Å². The molecule has 0 amide bonds. The zero-order chi connectivity index (χ0) is 26.5. The third-order valence-corrected chi connectivity index (χ3v) is 7.59. The van der Waals surface area contributed by atoms with Crippen LogP contribution in [0.15, 0.2) is 0 Å². The number of hydrogen-bond donors (Lipinski definition) is 0. The highest BCUT2D eigenvalue weighted by Crippen LogP contribution is 2.45. The van der Waals surface area contributed by atoms with E-state index < -0.39 is 11.9 Å². The molecule has 1 saturated carbocycles. The van der Waals surface area contributed by atoms with Crippen LogP contribution in [-0.4, -0.2) is 11.9 Å². The van der Waals surface area contributed by atoms with Crippen LogP contribution in [0.5, 0.6) is 0 Å². The summed E-state index contributed by atoms with van der Waals surface area (Å²) in [6.45, 7) is 17.7. The molecule has 0 radical (unpaired) electrons. The first kappa shape index (κ1) is 31.9. The smallest absolute Gasteiger partial charge is 0.266 e. The molecule has 0 saturated heterocycles. The molecule has 1 aliphatic carbocycles. The average molecular weight is 499 g/mol. The number of unbranched alkanes of at least 4 members (excludes halogenated alkanes) is 3. The lowest BCUT2D eigenvalue weighted by Crippen LogP contribution is -2.39. The van der Waals surface area contributed by atoms with Gasteiger partial charge in [0.25, 0.3) is 0 Å². The van der Waals surface area contributed by atoms with Gasteiger partial charge in [-0.1, -0.05) is 100 Å². The summed E-state index contributed by atoms with van der Waals surface area (Å²) in [5.74, 6) is -0.797. The molecule has 1 atom stereocenters. The van der Waals surface area contributed by atoms with Crippen LogP contribution in [-0.2, 0) is 29.4 Å². The molecule has 0 N–H and O–H groups in total. The van der Waals surface area contributed by atoms with Gasteiger partial charge in [0.15, 0.2) is 0 Å². The van der Waals surface area contributed by atoms with E-state index in [2.05, 4.69) is 70.4 Å². The van der Waals surface area contributed by atoms with E-state index in [9.17, 15) is 9.59 Å². The van der Waals surface area contributed by atoms with Gasteiger partial charge in [-0.2, -0.15) is 0 Å². The molecule has 6 heteroatoms. The normalized spacial score (nSPS) is 16.7. The van der Waals surface area contributed by atoms with E-state index in [1.807, 2.05) is 0 Å². The highest BCUT2D eigenvalue weighted by atomic mass is 17.7. The van der Waals surface area contributed by atoms with Gasteiger partial charge in [-0.25, -0.2) is 9.59 Å². The molecule has 35 heavy (non-hydrogen) atoms. The fraction of sp³-hybridized carbons (Fsp3) is 0.931. The van der Waals surface area contributed by atoms with E-state index in [0.717, 1.165) is 64.2 Å². The average Bonchev–Trinajstić information content (AvgIpc) is 2.75. The van der Waals surface area contributed by atoms with Crippen LogP contribution >= 0.6 is 0 Å². The lowest BCUT2D eigenvalue weighted by Gasteiger charge is -2.41. The third-order valence-electron chi connectivity index (χ3n) is 7.59. The predicted molar refractivity (Wildman–Crippen MR) is 139 cm³/mol. The molecule has 0 aliphatic heterocycles. The summed E-state index contributed by atoms with van der Waals surface area (Å²) in [7, 11) is 0. The van der Waals surface area contributed by atoms with Crippen molar-refractivity contribution in [3.63, 3.8) is 0 Å². The maximum atomic E-state index is 13.0. The second-order valence-electron chi connectivity index (χ2n) is 13.6. The van der Waals surface area contributed by atoms with E-state index in [1.54, 1.807) is 0 Å². The van der Waals surface area contributed by atoms with Gasteiger partial charge in [-0.15, -0.1) is 0 Å². The molecule has 0 aromatic carbocycles. The molecule has 206 valence electrons. The summed E-state index contributed by atoms with van der Waals surface area (Å²) in [6, 6.07) is 0. The summed E-state index contributed by atoms with van der Waals surface area (Å²) in [5.41, 5.74) is 0.381. The Bertz CT molecular complexity index is 608. The van der Waals surface area contributed by atoms with Crippen LogP contribution < -0.4 is 0 Å². The first-order chi connectivity index (χ1) is 16.2. The summed E-state index contributed by atoms with van der Waals surface area (Å²) in [4.78, 5) is 34.5. The molecule has 6 nitrogen and oxygen atoms in total. The van der Waals surface area contributed by atoms with E-state index >= 15 is 0 Å². The minimum absolute atomic E-state index is 0.202. The van der Waals surface area contributed by atoms with Gasteiger partial charge in [0.1, 0.15) is 0 Å². The van der Waals surface area contributed by atoms with Crippen LogP contribution in [0.1, 0.15) is 145 Å². The molecule has 1 fully saturated rings. The summed E-state index contributed by atoms with van der Waals surface area (Å²) < 4.78 is 0. The largest absolute Gasteiger partial charge is 0.349 e. The summed E-state index contributed by atoms with van der Waals surface area (Å²) >= 11 is 0. The number of carbonyl (C=O) groups excluding carboxylic acids is 2. The quantitative estimate of drug-likeness (QED) is 0.128. The minimum Gasteiger partial charge on any atom is -0.266 e. The Morgan fingerprint density at radius 2 is 1.26 bits per heavy atom. The lowest BCUT2D eigenvalue weighted by molar-refractivity contribution is -0.601. The van der Waals surface area contributed by atoms with E-state index in [-0.39, 0.29) is 23.2 Å². The fourth-order valence-corrected chi connectivity index (χ4v) is 5.23. The zero-order valence-corrected chi connectivity index (χ0v) is 24.0. The Morgan fingerprint density at radius 3 is 1.83 bits per heavy atom. The molecule has 0 spiro atoms. The van der Waals surface area contributed by atoms with Crippen LogP contribution in [0.2, 0.25) is 0 Å². The second kappa shape index (κ2) is 15.2. The van der Waals surface area contributed by atoms with Crippen molar-refractivity contribution in [1.82, 2.24) is 0 Å². The van der Waals surface area contributed by atoms with Crippen molar-refractivity contribution in [3.05, 3.63) is 0 Å². The van der Waals surface area contributed by atoms with Gasteiger partial charge in [-0.05, 0) is 60.7 Å². The van der Waals surface area contributed by atoms with Crippen molar-refractivity contribution < 1.29 is 29.4 Å². The maximum Gasteiger partial charge on any atom is 0.349 e. The van der Waals surface area contributed by atoms with Crippen molar-refractivity contribution in [3.8, 4) is 0 Å². The van der Waals surface area contributed by atoms with Crippen LogP contribution in [0, 0.1) is 28.1 Å². The van der Waals surface area contributed by atoms with Crippen LogP contribution in [0.25, 0.3) is 0 Å². The van der Waals surface area contributed by atoms with Gasteiger partial charge in [-0.3, -0.25) is 9.78 Å². The summed E-state index contributed by atoms with van der Waals surface area (Å²) in [6.07, 6.45) is 14.0. The molecular weight excluding hydrogens is 444 g/mol. The molecule has 0 bridgehead atoms. The van der Waals surface area contributed by atoms with Gasteiger partial charge in [0.2, 0.25) is 0 Å². The Kier molecular flexibility index (Phi) is 13.8.